The van der Waals surface area contributed by atoms with Crippen molar-refractivity contribution in [2.75, 3.05) is 13.1 Å². The van der Waals surface area contributed by atoms with Crippen molar-refractivity contribution >= 4 is 22.9 Å². The third-order valence-electron chi connectivity index (χ3n) is 2.36. The molecule has 0 unspecified atom stereocenters. The summed E-state index contributed by atoms with van der Waals surface area (Å²) in [5.41, 5.74) is 0.514. The molecule has 1 fully saturated rings. The van der Waals surface area contributed by atoms with Crippen molar-refractivity contribution in [3.05, 3.63) is 0 Å². The second-order valence-electron chi connectivity index (χ2n) is 4.22. The summed E-state index contributed by atoms with van der Waals surface area (Å²) in [6, 6.07) is 0. The smallest absolute Gasteiger partial charge is 0.0201 e. The van der Waals surface area contributed by atoms with Crippen molar-refractivity contribution in [2.24, 2.45) is 11.3 Å². The van der Waals surface area contributed by atoms with Crippen LogP contribution in [0.1, 0.15) is 27.2 Å². The molecule has 0 aromatic carbocycles. The first-order chi connectivity index (χ1) is 4.50. The van der Waals surface area contributed by atoms with Crippen LogP contribution in [-0.4, -0.2) is 16.2 Å². The maximum atomic E-state index is 2.42. The van der Waals surface area contributed by atoms with E-state index in [2.05, 4.69) is 46.7 Å². The van der Waals surface area contributed by atoms with Gasteiger partial charge in [-0.3, -0.25) is 0 Å². The molecule has 1 atom stereocenters. The summed E-state index contributed by atoms with van der Waals surface area (Å²) in [5.74, 6) is 0.907. The highest BCUT2D eigenvalue weighted by Crippen LogP contribution is 2.34. The highest BCUT2D eigenvalue weighted by molar-refractivity contribution is 14.1. The number of halogens is 1. The molecule has 10 heavy (non-hydrogen) atoms. The zero-order valence-electron chi connectivity index (χ0n) is 7.02. The Kier molecular flexibility index (Phi) is 2.61. The Labute approximate surface area is 77.7 Å². The Balaban J connectivity index is 2.45. The second kappa shape index (κ2) is 2.97. The highest BCUT2D eigenvalue weighted by Gasteiger charge is 2.30. The number of nitrogens with zero attached hydrogens (tertiary/aromatic N) is 1. The van der Waals surface area contributed by atoms with Crippen molar-refractivity contribution in [3.63, 3.8) is 0 Å². The maximum absolute atomic E-state index is 2.42. The van der Waals surface area contributed by atoms with Gasteiger partial charge in [0.05, 0.1) is 0 Å². The van der Waals surface area contributed by atoms with Crippen LogP contribution < -0.4 is 0 Å². The average molecular weight is 253 g/mol. The monoisotopic (exact) mass is 253 g/mol. The highest BCUT2D eigenvalue weighted by atomic mass is 127. The van der Waals surface area contributed by atoms with Crippen LogP contribution in [0.25, 0.3) is 0 Å². The molecule has 0 amide bonds. The minimum absolute atomic E-state index is 0.514. The van der Waals surface area contributed by atoms with Gasteiger partial charge in [-0.1, -0.05) is 20.8 Å². The summed E-state index contributed by atoms with van der Waals surface area (Å²) < 4.78 is 2.40. The van der Waals surface area contributed by atoms with Crippen molar-refractivity contribution in [1.82, 2.24) is 3.11 Å². The van der Waals surface area contributed by atoms with Crippen molar-refractivity contribution in [2.45, 2.75) is 27.2 Å². The van der Waals surface area contributed by atoms with Crippen LogP contribution in [0.5, 0.6) is 0 Å². The van der Waals surface area contributed by atoms with Crippen LogP contribution in [0.2, 0.25) is 0 Å². The molecule has 0 aromatic rings. The third-order valence-corrected chi connectivity index (χ3v) is 3.24. The number of rotatable bonds is 0. The summed E-state index contributed by atoms with van der Waals surface area (Å²) in [5, 5.41) is 0. The van der Waals surface area contributed by atoms with Crippen LogP contribution in [-0.2, 0) is 0 Å². The molecular formula is C8H16IN. The molecular weight excluding hydrogens is 237 g/mol. The average Bonchev–Trinajstić information content (AvgIpc) is 2.11. The molecule has 1 heterocycles. The normalized spacial score (nSPS) is 29.4. The van der Waals surface area contributed by atoms with E-state index in [1.54, 1.807) is 0 Å². The van der Waals surface area contributed by atoms with Gasteiger partial charge in [0.25, 0.3) is 0 Å². The fourth-order valence-corrected chi connectivity index (χ4v) is 2.18. The van der Waals surface area contributed by atoms with Gasteiger partial charge in [0.2, 0.25) is 0 Å². The van der Waals surface area contributed by atoms with Gasteiger partial charge in [-0.15, -0.1) is 0 Å². The number of hydrogen-bond donors (Lipinski definition) is 0. The van der Waals surface area contributed by atoms with Crippen LogP contribution in [0.3, 0.4) is 0 Å². The summed E-state index contributed by atoms with van der Waals surface area (Å²) in [4.78, 5) is 0. The van der Waals surface area contributed by atoms with E-state index in [4.69, 9.17) is 0 Å². The summed E-state index contributed by atoms with van der Waals surface area (Å²) >= 11 is 2.42. The minimum atomic E-state index is 0.514. The van der Waals surface area contributed by atoms with Crippen LogP contribution >= 0.6 is 22.9 Å². The zero-order valence-corrected chi connectivity index (χ0v) is 9.18. The van der Waals surface area contributed by atoms with E-state index in [0.29, 0.717) is 5.41 Å². The van der Waals surface area contributed by atoms with E-state index < -0.39 is 0 Å². The van der Waals surface area contributed by atoms with Crippen molar-refractivity contribution in [3.8, 4) is 0 Å². The van der Waals surface area contributed by atoms with E-state index in [-0.39, 0.29) is 0 Å². The quantitative estimate of drug-likeness (QED) is 0.474. The Morgan fingerprint density at radius 1 is 1.40 bits per heavy atom. The second-order valence-corrected chi connectivity index (χ2v) is 5.58. The van der Waals surface area contributed by atoms with Gasteiger partial charge < -0.3 is 0 Å². The fourth-order valence-electron chi connectivity index (χ4n) is 1.42. The zero-order chi connectivity index (χ0) is 7.78. The van der Waals surface area contributed by atoms with E-state index in [1.165, 1.54) is 19.5 Å². The first-order valence-corrected chi connectivity index (χ1v) is 4.87. The number of hydrogen-bond acceptors (Lipinski definition) is 1. The van der Waals surface area contributed by atoms with Gasteiger partial charge in [0.15, 0.2) is 0 Å². The molecule has 0 bridgehead atoms. The standard InChI is InChI=1S/C8H16IN/c1-8(2,3)7-4-5-10(9)6-7/h7H,4-6H2,1-3H3/t7-/m0/s1. The molecule has 0 aromatic heterocycles. The van der Waals surface area contributed by atoms with E-state index in [9.17, 15) is 0 Å². The molecule has 0 saturated carbocycles. The molecule has 2 heteroatoms. The molecule has 1 aliphatic rings. The van der Waals surface area contributed by atoms with E-state index >= 15 is 0 Å². The predicted molar refractivity (Wildman–Crippen MR) is 53.2 cm³/mol. The minimum Gasteiger partial charge on any atom is -0.247 e. The molecule has 1 saturated heterocycles. The Bertz CT molecular complexity index is 117. The van der Waals surface area contributed by atoms with Gasteiger partial charge >= 0.3 is 0 Å². The molecule has 1 nitrogen and oxygen atoms in total. The molecule has 1 rings (SSSR count). The van der Waals surface area contributed by atoms with Crippen LogP contribution in [0, 0.1) is 11.3 Å². The molecule has 1 aliphatic heterocycles. The summed E-state index contributed by atoms with van der Waals surface area (Å²) in [6.07, 6.45) is 1.38. The first kappa shape index (κ1) is 8.78. The molecule has 0 spiro atoms. The topological polar surface area (TPSA) is 3.24 Å². The maximum Gasteiger partial charge on any atom is 0.0201 e. The van der Waals surface area contributed by atoms with Crippen LogP contribution in [0.4, 0.5) is 0 Å². The Morgan fingerprint density at radius 2 is 2.00 bits per heavy atom. The molecule has 0 aliphatic carbocycles. The van der Waals surface area contributed by atoms with Gasteiger partial charge in [-0.25, -0.2) is 3.11 Å². The summed E-state index contributed by atoms with van der Waals surface area (Å²) in [6.45, 7) is 9.58. The lowest BCUT2D eigenvalue weighted by molar-refractivity contribution is 0.256. The van der Waals surface area contributed by atoms with Gasteiger partial charge in [0.1, 0.15) is 0 Å². The van der Waals surface area contributed by atoms with E-state index in [1.807, 2.05) is 0 Å². The molecule has 0 radical (unpaired) electrons. The molecule has 0 N–H and O–H groups in total. The predicted octanol–water partition coefficient (Wildman–Crippen LogP) is 2.70. The first-order valence-electron chi connectivity index (χ1n) is 3.91. The lowest BCUT2D eigenvalue weighted by Crippen LogP contribution is -2.21. The lowest BCUT2D eigenvalue weighted by atomic mass is 9.80. The van der Waals surface area contributed by atoms with Crippen LogP contribution in [0.15, 0.2) is 0 Å². The van der Waals surface area contributed by atoms with Crippen molar-refractivity contribution < 1.29 is 0 Å². The third kappa shape index (κ3) is 2.09. The van der Waals surface area contributed by atoms with Gasteiger partial charge in [0, 0.05) is 36.0 Å². The Hall–Kier alpha value is 0.690. The lowest BCUT2D eigenvalue weighted by Gasteiger charge is -2.26. The van der Waals surface area contributed by atoms with E-state index in [0.717, 1.165) is 5.92 Å². The van der Waals surface area contributed by atoms with Gasteiger partial charge in [-0.05, 0) is 17.8 Å². The fraction of sp³-hybridized carbons (Fsp3) is 1.00. The Morgan fingerprint density at radius 3 is 2.20 bits per heavy atom. The summed E-state index contributed by atoms with van der Waals surface area (Å²) in [7, 11) is 0. The van der Waals surface area contributed by atoms with Gasteiger partial charge in [-0.2, -0.15) is 0 Å². The van der Waals surface area contributed by atoms with Crippen molar-refractivity contribution in [1.29, 1.82) is 0 Å². The SMILES string of the molecule is CC(C)(C)[C@H]1CCN(I)C1. The molecule has 60 valence electrons. The largest absolute Gasteiger partial charge is 0.247 e.